The molecule has 0 aliphatic rings. The zero-order valence-electron chi connectivity index (χ0n) is 39.9. The van der Waals surface area contributed by atoms with Crippen LogP contribution in [0.2, 0.25) is 0 Å². The second kappa shape index (κ2) is 17.6. The van der Waals surface area contributed by atoms with E-state index in [4.69, 9.17) is 4.42 Å². The van der Waals surface area contributed by atoms with E-state index in [-0.39, 0.29) is 0 Å². The summed E-state index contributed by atoms with van der Waals surface area (Å²) in [5.74, 6) is 0. The molecule has 3 heteroatoms. The van der Waals surface area contributed by atoms with E-state index in [1.54, 1.807) is 0 Å². The third-order valence-electron chi connectivity index (χ3n) is 14.6. The summed E-state index contributed by atoms with van der Waals surface area (Å²) in [6, 6.07) is 101. The predicted molar refractivity (Wildman–Crippen MR) is 307 cm³/mol. The molecule has 0 unspecified atom stereocenters. The molecule has 0 bridgehead atoms. The quantitative estimate of drug-likeness (QED) is 0.144. The third kappa shape index (κ3) is 7.37. The number of hydrogen-bond donors (Lipinski definition) is 0. The van der Waals surface area contributed by atoms with Crippen molar-refractivity contribution in [3.63, 3.8) is 0 Å². The van der Waals surface area contributed by atoms with Gasteiger partial charge in [0.1, 0.15) is 11.2 Å². The maximum absolute atomic E-state index is 6.84. The summed E-state index contributed by atoms with van der Waals surface area (Å²) in [6.07, 6.45) is 0. The van der Waals surface area contributed by atoms with Crippen LogP contribution in [0, 0.1) is 0 Å². The minimum Gasteiger partial charge on any atom is -0.455 e. The Morgan fingerprint density at radius 2 is 0.726 bits per heavy atom. The number of aromatic nitrogens is 1. The van der Waals surface area contributed by atoms with Gasteiger partial charge in [0.25, 0.3) is 0 Å². The van der Waals surface area contributed by atoms with Crippen molar-refractivity contribution in [3.8, 4) is 61.3 Å². The van der Waals surface area contributed by atoms with E-state index < -0.39 is 0 Å². The Labute approximate surface area is 423 Å². The van der Waals surface area contributed by atoms with Gasteiger partial charge in [-0.15, -0.1) is 0 Å². The van der Waals surface area contributed by atoms with Crippen molar-refractivity contribution in [2.24, 2.45) is 0 Å². The molecule has 0 atom stereocenters. The molecule has 14 rings (SSSR count). The Kier molecular flexibility index (Phi) is 10.2. The van der Waals surface area contributed by atoms with Crippen molar-refractivity contribution >= 4 is 71.6 Å². The van der Waals surface area contributed by atoms with Crippen molar-refractivity contribution in [3.05, 3.63) is 279 Å². The monoisotopic (exact) mass is 930 g/mol. The summed E-state index contributed by atoms with van der Waals surface area (Å²) >= 11 is 0. The maximum Gasteiger partial charge on any atom is 0.143 e. The molecule has 0 amide bonds. The SMILES string of the molecule is c1ccc(-c2ccc(N(c3ccc(-c4cccc(-c5cccc6c5oc5c(-c7ccccc7)cccc56)c4)cc3)c3ccc4c(c3)c3c5ccccc5ccc3n4-c3ccc(-c4ccccc4)cc3)cc2)cc1. The average molecular weight is 931 g/mol. The van der Waals surface area contributed by atoms with Crippen molar-refractivity contribution in [2.45, 2.75) is 0 Å². The first-order chi connectivity index (χ1) is 36.2. The van der Waals surface area contributed by atoms with Gasteiger partial charge in [0.2, 0.25) is 0 Å². The number of fused-ring (bicyclic) bond motifs is 8. The summed E-state index contributed by atoms with van der Waals surface area (Å²) < 4.78 is 9.26. The first-order valence-corrected chi connectivity index (χ1v) is 25.0. The van der Waals surface area contributed by atoms with Gasteiger partial charge in [0.05, 0.1) is 11.0 Å². The zero-order chi connectivity index (χ0) is 48.2. The number of furan rings is 1. The molecule has 2 aromatic heterocycles. The number of benzene rings is 12. The van der Waals surface area contributed by atoms with Crippen molar-refractivity contribution < 1.29 is 4.42 Å². The fourth-order valence-electron chi connectivity index (χ4n) is 11.1. The maximum atomic E-state index is 6.84. The molecule has 0 fully saturated rings. The molecule has 0 radical (unpaired) electrons. The van der Waals surface area contributed by atoms with E-state index in [9.17, 15) is 0 Å². The molecule has 0 spiro atoms. The van der Waals surface area contributed by atoms with Crippen LogP contribution < -0.4 is 4.90 Å². The highest BCUT2D eigenvalue weighted by Crippen LogP contribution is 2.44. The van der Waals surface area contributed by atoms with Gasteiger partial charge in [-0.1, -0.05) is 212 Å². The van der Waals surface area contributed by atoms with Crippen LogP contribution in [0.5, 0.6) is 0 Å². The molecule has 342 valence electrons. The van der Waals surface area contributed by atoms with Gasteiger partial charge in [-0.05, 0) is 122 Å². The van der Waals surface area contributed by atoms with Gasteiger partial charge >= 0.3 is 0 Å². The van der Waals surface area contributed by atoms with E-state index in [0.29, 0.717) is 0 Å². The number of rotatable bonds is 9. The number of nitrogens with zero attached hydrogens (tertiary/aromatic N) is 2. The lowest BCUT2D eigenvalue weighted by molar-refractivity contribution is 0.671. The first kappa shape index (κ1) is 42.2. The second-order valence-electron chi connectivity index (χ2n) is 18.8. The van der Waals surface area contributed by atoms with Gasteiger partial charge in [0.15, 0.2) is 0 Å². The fraction of sp³-hybridized carbons (Fsp3) is 0. The first-order valence-electron chi connectivity index (χ1n) is 25.0. The van der Waals surface area contributed by atoms with Crippen LogP contribution in [-0.4, -0.2) is 4.57 Å². The lowest BCUT2D eigenvalue weighted by atomic mass is 9.97. The average Bonchev–Trinajstić information content (AvgIpc) is 4.03. The summed E-state index contributed by atoms with van der Waals surface area (Å²) in [4.78, 5) is 2.39. The molecule has 12 aromatic carbocycles. The molecule has 2 heterocycles. The minimum atomic E-state index is 0.899. The molecular weight excluding hydrogens is 885 g/mol. The smallest absolute Gasteiger partial charge is 0.143 e. The van der Waals surface area contributed by atoms with Crippen LogP contribution in [0.1, 0.15) is 0 Å². The molecule has 0 saturated carbocycles. The Hall–Kier alpha value is -9.70. The van der Waals surface area contributed by atoms with Crippen molar-refractivity contribution in [2.75, 3.05) is 4.90 Å². The Morgan fingerprint density at radius 3 is 1.36 bits per heavy atom. The van der Waals surface area contributed by atoms with Crippen LogP contribution >= 0.6 is 0 Å². The molecule has 0 aliphatic heterocycles. The summed E-state index contributed by atoms with van der Waals surface area (Å²) in [5, 5.41) is 7.14. The largest absolute Gasteiger partial charge is 0.455 e. The van der Waals surface area contributed by atoms with Gasteiger partial charge in [-0.3, -0.25) is 0 Å². The highest BCUT2D eigenvalue weighted by molar-refractivity contribution is 6.22. The van der Waals surface area contributed by atoms with Gasteiger partial charge in [-0.2, -0.15) is 0 Å². The predicted octanol–water partition coefficient (Wildman–Crippen LogP) is 19.6. The molecule has 0 aliphatic carbocycles. The molecule has 0 saturated heterocycles. The van der Waals surface area contributed by atoms with Crippen LogP contribution in [0.15, 0.2) is 283 Å². The summed E-state index contributed by atoms with van der Waals surface area (Å²) in [6.45, 7) is 0. The molecule has 14 aromatic rings. The van der Waals surface area contributed by atoms with E-state index in [1.165, 1.54) is 49.3 Å². The van der Waals surface area contributed by atoms with E-state index >= 15 is 0 Å². The van der Waals surface area contributed by atoms with Gasteiger partial charge in [-0.25, -0.2) is 0 Å². The lowest BCUT2D eigenvalue weighted by Crippen LogP contribution is -2.10. The normalized spacial score (nSPS) is 11.6. The second-order valence-corrected chi connectivity index (χ2v) is 18.8. The van der Waals surface area contributed by atoms with E-state index in [0.717, 1.165) is 83.6 Å². The number of hydrogen-bond acceptors (Lipinski definition) is 2. The molecule has 73 heavy (non-hydrogen) atoms. The fourth-order valence-corrected chi connectivity index (χ4v) is 11.1. The highest BCUT2D eigenvalue weighted by Gasteiger charge is 2.21. The van der Waals surface area contributed by atoms with Gasteiger partial charge < -0.3 is 13.9 Å². The van der Waals surface area contributed by atoms with E-state index in [2.05, 4.69) is 289 Å². The summed E-state index contributed by atoms with van der Waals surface area (Å²) in [7, 11) is 0. The van der Waals surface area contributed by atoms with Gasteiger partial charge in [0, 0.05) is 55.4 Å². The standard InChI is InChI=1S/C70H46N2O/c1-4-15-47(16-5-1)49-29-36-56(37-30-49)71(59-42-44-66-65(46-59)68-60-24-11-10-21-53(60)35-43-67(68)72(66)58-40-31-50(32-41-58)48-17-6-2-7-18-48)57-38-33-51(34-39-57)54-22-12-23-55(45-54)62-26-14-28-64-63-27-13-25-61(69(63)73-70(62)64)52-19-8-3-9-20-52/h1-46H. The van der Waals surface area contributed by atoms with Crippen LogP contribution in [0.4, 0.5) is 17.1 Å². The Bertz CT molecular complexity index is 4330. The van der Waals surface area contributed by atoms with E-state index in [1.807, 2.05) is 0 Å². The molecular formula is C70H46N2O. The van der Waals surface area contributed by atoms with Crippen LogP contribution in [0.3, 0.4) is 0 Å². The minimum absolute atomic E-state index is 0.899. The van der Waals surface area contributed by atoms with Crippen molar-refractivity contribution in [1.82, 2.24) is 4.57 Å². The lowest BCUT2D eigenvalue weighted by Gasteiger charge is -2.26. The molecule has 3 nitrogen and oxygen atoms in total. The van der Waals surface area contributed by atoms with Crippen LogP contribution in [-0.2, 0) is 0 Å². The zero-order valence-corrected chi connectivity index (χ0v) is 39.9. The topological polar surface area (TPSA) is 21.3 Å². The number of anilines is 3. The molecule has 0 N–H and O–H groups in total. The highest BCUT2D eigenvalue weighted by atomic mass is 16.3. The Balaban J connectivity index is 0.880. The van der Waals surface area contributed by atoms with Crippen LogP contribution in [0.25, 0.3) is 116 Å². The van der Waals surface area contributed by atoms with Crippen molar-refractivity contribution in [1.29, 1.82) is 0 Å². The summed E-state index contributed by atoms with van der Waals surface area (Å²) in [5.41, 5.74) is 20.0. The number of para-hydroxylation sites is 2. The Morgan fingerprint density at radius 1 is 0.274 bits per heavy atom. The third-order valence-corrected chi connectivity index (χ3v) is 14.6.